The SMILES string of the molecule is Cc1ccccc1-c1noc([C@@H](C)NC(=O)c2ccc(Cn3cccn3)cc2)n1. The van der Waals surface area contributed by atoms with Gasteiger partial charge in [-0.2, -0.15) is 10.1 Å². The summed E-state index contributed by atoms with van der Waals surface area (Å²) in [5, 5.41) is 11.1. The second-order valence-electron chi connectivity index (χ2n) is 6.87. The molecule has 0 bridgehead atoms. The highest BCUT2D eigenvalue weighted by Gasteiger charge is 2.18. The molecule has 0 unspecified atom stereocenters. The van der Waals surface area contributed by atoms with Crippen LogP contribution in [0.4, 0.5) is 0 Å². The molecular formula is C22H21N5O2. The van der Waals surface area contributed by atoms with E-state index in [0.29, 0.717) is 23.8 Å². The number of amides is 1. The Morgan fingerprint density at radius 1 is 1.14 bits per heavy atom. The molecule has 0 aliphatic rings. The van der Waals surface area contributed by atoms with Crippen molar-refractivity contribution in [2.75, 3.05) is 0 Å². The fourth-order valence-corrected chi connectivity index (χ4v) is 3.03. The van der Waals surface area contributed by atoms with Crippen molar-refractivity contribution in [1.29, 1.82) is 0 Å². The highest BCUT2D eigenvalue weighted by molar-refractivity contribution is 5.94. The summed E-state index contributed by atoms with van der Waals surface area (Å²) in [4.78, 5) is 17.0. The first-order valence-electron chi connectivity index (χ1n) is 9.37. The molecule has 2 aromatic heterocycles. The van der Waals surface area contributed by atoms with Crippen molar-refractivity contribution in [1.82, 2.24) is 25.2 Å². The lowest BCUT2D eigenvalue weighted by molar-refractivity contribution is 0.0932. The van der Waals surface area contributed by atoms with Crippen LogP contribution in [0.2, 0.25) is 0 Å². The minimum absolute atomic E-state index is 0.196. The Bertz CT molecular complexity index is 1100. The van der Waals surface area contributed by atoms with Gasteiger partial charge < -0.3 is 9.84 Å². The van der Waals surface area contributed by atoms with Gasteiger partial charge in [0.2, 0.25) is 11.7 Å². The molecule has 29 heavy (non-hydrogen) atoms. The summed E-state index contributed by atoms with van der Waals surface area (Å²) in [6, 6.07) is 16.7. The monoisotopic (exact) mass is 387 g/mol. The van der Waals surface area contributed by atoms with Crippen molar-refractivity contribution >= 4 is 5.91 Å². The summed E-state index contributed by atoms with van der Waals surface area (Å²) in [6.45, 7) is 4.47. The van der Waals surface area contributed by atoms with Gasteiger partial charge >= 0.3 is 0 Å². The molecule has 0 aliphatic carbocycles. The summed E-state index contributed by atoms with van der Waals surface area (Å²) in [5.74, 6) is 0.688. The van der Waals surface area contributed by atoms with Gasteiger partial charge in [0.15, 0.2) is 0 Å². The van der Waals surface area contributed by atoms with E-state index in [0.717, 1.165) is 16.7 Å². The Hall–Kier alpha value is -3.74. The van der Waals surface area contributed by atoms with Crippen LogP contribution in [0.25, 0.3) is 11.4 Å². The van der Waals surface area contributed by atoms with Gasteiger partial charge in [0.05, 0.1) is 6.54 Å². The number of hydrogen-bond acceptors (Lipinski definition) is 5. The molecule has 0 saturated carbocycles. The molecule has 7 heteroatoms. The van der Waals surface area contributed by atoms with Crippen molar-refractivity contribution < 1.29 is 9.32 Å². The third-order valence-corrected chi connectivity index (χ3v) is 4.67. The number of rotatable bonds is 6. The van der Waals surface area contributed by atoms with E-state index in [1.54, 1.807) is 18.3 Å². The first-order chi connectivity index (χ1) is 14.1. The van der Waals surface area contributed by atoms with E-state index < -0.39 is 6.04 Å². The maximum atomic E-state index is 12.6. The minimum Gasteiger partial charge on any atom is -0.341 e. The third-order valence-electron chi connectivity index (χ3n) is 4.67. The van der Waals surface area contributed by atoms with E-state index >= 15 is 0 Å². The zero-order valence-corrected chi connectivity index (χ0v) is 16.2. The van der Waals surface area contributed by atoms with Gasteiger partial charge in [0.25, 0.3) is 5.91 Å². The number of aromatic nitrogens is 4. The van der Waals surface area contributed by atoms with E-state index in [1.807, 2.05) is 67.2 Å². The Morgan fingerprint density at radius 2 is 1.93 bits per heavy atom. The van der Waals surface area contributed by atoms with Crippen LogP contribution >= 0.6 is 0 Å². The Balaban J connectivity index is 1.41. The molecule has 4 aromatic rings. The summed E-state index contributed by atoms with van der Waals surface area (Å²) >= 11 is 0. The van der Waals surface area contributed by atoms with E-state index in [9.17, 15) is 4.79 Å². The number of aryl methyl sites for hydroxylation is 1. The lowest BCUT2D eigenvalue weighted by atomic mass is 10.1. The first kappa shape index (κ1) is 18.6. The van der Waals surface area contributed by atoms with Crippen LogP contribution < -0.4 is 5.32 Å². The molecule has 0 aliphatic heterocycles. The van der Waals surface area contributed by atoms with E-state index in [-0.39, 0.29) is 5.91 Å². The number of benzene rings is 2. The minimum atomic E-state index is -0.406. The summed E-state index contributed by atoms with van der Waals surface area (Å²) in [5.41, 5.74) is 3.61. The lowest BCUT2D eigenvalue weighted by Gasteiger charge is -2.10. The van der Waals surface area contributed by atoms with E-state index in [4.69, 9.17) is 4.52 Å². The first-order valence-corrected chi connectivity index (χ1v) is 9.37. The molecule has 0 saturated heterocycles. The Labute approximate surface area is 168 Å². The average Bonchev–Trinajstić information content (AvgIpc) is 3.41. The molecule has 2 aromatic carbocycles. The fourth-order valence-electron chi connectivity index (χ4n) is 3.03. The standard InChI is InChI=1S/C22H21N5O2/c1-15-6-3-4-7-19(15)20-25-22(29-26-20)16(2)24-21(28)18-10-8-17(9-11-18)14-27-13-5-12-23-27/h3-13,16H,14H2,1-2H3,(H,24,28)/t16-/m1/s1. The molecule has 4 rings (SSSR count). The van der Waals surface area contributed by atoms with Gasteiger partial charge in [0, 0.05) is 23.5 Å². The number of nitrogens with one attached hydrogen (secondary N) is 1. The third kappa shape index (κ3) is 4.24. The fraction of sp³-hybridized carbons (Fsp3) is 0.182. The number of nitrogens with zero attached hydrogens (tertiary/aromatic N) is 4. The number of hydrogen-bond donors (Lipinski definition) is 1. The quantitative estimate of drug-likeness (QED) is 0.544. The molecule has 146 valence electrons. The Morgan fingerprint density at radius 3 is 2.66 bits per heavy atom. The van der Waals surface area contributed by atoms with Crippen LogP contribution in [0.3, 0.4) is 0 Å². The molecule has 1 atom stereocenters. The Kier molecular flexibility index (Phi) is 5.20. The molecule has 0 radical (unpaired) electrons. The lowest BCUT2D eigenvalue weighted by Crippen LogP contribution is -2.26. The summed E-state index contributed by atoms with van der Waals surface area (Å²) < 4.78 is 7.20. The molecular weight excluding hydrogens is 366 g/mol. The zero-order valence-electron chi connectivity index (χ0n) is 16.2. The normalized spacial score (nSPS) is 11.9. The molecule has 0 spiro atoms. The van der Waals surface area contributed by atoms with Gasteiger partial charge in [-0.1, -0.05) is 41.6 Å². The molecule has 1 N–H and O–H groups in total. The van der Waals surface area contributed by atoms with Gasteiger partial charge in [-0.25, -0.2) is 0 Å². The maximum absolute atomic E-state index is 12.6. The van der Waals surface area contributed by atoms with Gasteiger partial charge in [-0.05, 0) is 43.2 Å². The second-order valence-corrected chi connectivity index (χ2v) is 6.87. The van der Waals surface area contributed by atoms with Crippen LogP contribution in [0.1, 0.15) is 40.3 Å². The molecule has 2 heterocycles. The van der Waals surface area contributed by atoms with Crippen molar-refractivity contribution in [3.63, 3.8) is 0 Å². The smallest absolute Gasteiger partial charge is 0.251 e. The number of carbonyl (C=O) groups excluding carboxylic acids is 1. The van der Waals surface area contributed by atoms with Gasteiger partial charge in [0.1, 0.15) is 6.04 Å². The largest absolute Gasteiger partial charge is 0.341 e. The topological polar surface area (TPSA) is 85.8 Å². The van der Waals surface area contributed by atoms with Crippen LogP contribution in [0, 0.1) is 6.92 Å². The van der Waals surface area contributed by atoms with Crippen LogP contribution in [-0.4, -0.2) is 25.8 Å². The average molecular weight is 387 g/mol. The van der Waals surface area contributed by atoms with Crippen molar-refractivity contribution in [3.8, 4) is 11.4 Å². The van der Waals surface area contributed by atoms with Crippen molar-refractivity contribution in [2.24, 2.45) is 0 Å². The summed E-state index contributed by atoms with van der Waals surface area (Å²) in [6.07, 6.45) is 3.64. The van der Waals surface area contributed by atoms with Crippen molar-refractivity contribution in [3.05, 3.63) is 89.6 Å². The molecule has 1 amide bonds. The predicted octanol–water partition coefficient (Wildman–Crippen LogP) is 3.78. The van der Waals surface area contributed by atoms with Crippen molar-refractivity contribution in [2.45, 2.75) is 26.4 Å². The van der Waals surface area contributed by atoms with Crippen LogP contribution in [0.5, 0.6) is 0 Å². The predicted molar refractivity (Wildman–Crippen MR) is 108 cm³/mol. The molecule has 7 nitrogen and oxygen atoms in total. The second kappa shape index (κ2) is 8.10. The van der Waals surface area contributed by atoms with Gasteiger partial charge in [-0.3, -0.25) is 9.48 Å². The van der Waals surface area contributed by atoms with Crippen LogP contribution in [-0.2, 0) is 6.54 Å². The molecule has 0 fully saturated rings. The maximum Gasteiger partial charge on any atom is 0.251 e. The van der Waals surface area contributed by atoms with E-state index in [1.165, 1.54) is 0 Å². The zero-order chi connectivity index (χ0) is 20.2. The highest BCUT2D eigenvalue weighted by atomic mass is 16.5. The van der Waals surface area contributed by atoms with Gasteiger partial charge in [-0.15, -0.1) is 0 Å². The van der Waals surface area contributed by atoms with E-state index in [2.05, 4.69) is 20.6 Å². The summed E-state index contributed by atoms with van der Waals surface area (Å²) in [7, 11) is 0. The highest BCUT2D eigenvalue weighted by Crippen LogP contribution is 2.22. The number of carbonyl (C=O) groups is 1. The van der Waals surface area contributed by atoms with Crippen LogP contribution in [0.15, 0.2) is 71.5 Å².